The molecule has 6 heteroatoms. The molecule has 4 rings (SSSR count). The number of hydrogen-bond acceptors (Lipinski definition) is 5. The summed E-state index contributed by atoms with van der Waals surface area (Å²) in [6.45, 7) is 8.05. The van der Waals surface area contributed by atoms with Gasteiger partial charge in [-0.1, -0.05) is 12.1 Å². The van der Waals surface area contributed by atoms with E-state index in [1.807, 2.05) is 18.3 Å². The normalized spacial score (nSPS) is 16.0. The van der Waals surface area contributed by atoms with Gasteiger partial charge in [0.1, 0.15) is 18.0 Å². The van der Waals surface area contributed by atoms with Crippen molar-refractivity contribution in [3.8, 4) is 0 Å². The van der Waals surface area contributed by atoms with Crippen LogP contribution < -0.4 is 4.90 Å². The first kappa shape index (κ1) is 15.1. The van der Waals surface area contributed by atoms with Crippen LogP contribution in [0.15, 0.2) is 43.0 Å². The van der Waals surface area contributed by atoms with Crippen LogP contribution in [0, 0.1) is 0 Å². The molecule has 0 amide bonds. The van der Waals surface area contributed by atoms with Crippen molar-refractivity contribution in [3.63, 3.8) is 0 Å². The Morgan fingerprint density at radius 2 is 1.83 bits per heavy atom. The number of aryl methyl sites for hydroxylation is 1. The van der Waals surface area contributed by atoms with E-state index in [-0.39, 0.29) is 0 Å². The predicted molar refractivity (Wildman–Crippen MR) is 94.9 cm³/mol. The van der Waals surface area contributed by atoms with Crippen LogP contribution in [0.2, 0.25) is 0 Å². The van der Waals surface area contributed by atoms with E-state index in [9.17, 15) is 0 Å². The van der Waals surface area contributed by atoms with Crippen LogP contribution >= 0.6 is 0 Å². The van der Waals surface area contributed by atoms with Gasteiger partial charge in [0.25, 0.3) is 0 Å². The van der Waals surface area contributed by atoms with E-state index in [0.717, 1.165) is 61.8 Å². The first-order chi connectivity index (χ1) is 11.8. The fourth-order valence-electron chi connectivity index (χ4n) is 3.34. The van der Waals surface area contributed by atoms with Gasteiger partial charge in [0, 0.05) is 50.5 Å². The Hall–Kier alpha value is -2.47. The highest BCUT2D eigenvalue weighted by Gasteiger charge is 2.20. The van der Waals surface area contributed by atoms with Gasteiger partial charge in [0.05, 0.1) is 12.1 Å². The Labute approximate surface area is 141 Å². The second-order valence-electron chi connectivity index (χ2n) is 6.11. The van der Waals surface area contributed by atoms with Gasteiger partial charge >= 0.3 is 0 Å². The van der Waals surface area contributed by atoms with Crippen molar-refractivity contribution in [1.29, 1.82) is 0 Å². The maximum Gasteiger partial charge on any atom is 0.139 e. The zero-order valence-electron chi connectivity index (χ0n) is 14.0. The number of benzene rings is 1. The molecule has 1 aromatic carbocycles. The number of rotatable bonds is 4. The van der Waals surface area contributed by atoms with E-state index in [4.69, 9.17) is 0 Å². The molecule has 0 aliphatic carbocycles. The molecule has 1 aliphatic rings. The molecule has 0 atom stereocenters. The number of imidazole rings is 1. The molecular weight excluding hydrogens is 300 g/mol. The second kappa shape index (κ2) is 6.57. The largest absolute Gasteiger partial charge is 0.353 e. The van der Waals surface area contributed by atoms with Crippen molar-refractivity contribution in [2.45, 2.75) is 20.0 Å². The molecule has 1 fully saturated rings. The van der Waals surface area contributed by atoms with Gasteiger partial charge in [-0.2, -0.15) is 0 Å². The molecule has 0 unspecified atom stereocenters. The molecule has 24 heavy (non-hydrogen) atoms. The number of anilines is 1. The molecule has 6 nitrogen and oxygen atoms in total. The average Bonchev–Trinajstić information content (AvgIpc) is 3.09. The van der Waals surface area contributed by atoms with Crippen LogP contribution in [0.5, 0.6) is 0 Å². The van der Waals surface area contributed by atoms with E-state index in [0.29, 0.717) is 0 Å². The molecular formula is C18H22N6. The van der Waals surface area contributed by atoms with Gasteiger partial charge in [-0.25, -0.2) is 15.0 Å². The summed E-state index contributed by atoms with van der Waals surface area (Å²) < 4.78 is 2.21. The van der Waals surface area contributed by atoms with Gasteiger partial charge in [0.15, 0.2) is 0 Å². The number of para-hydroxylation sites is 1. The average molecular weight is 322 g/mol. The van der Waals surface area contributed by atoms with Crippen LogP contribution in [-0.4, -0.2) is 50.6 Å². The highest BCUT2D eigenvalue weighted by molar-refractivity contribution is 5.89. The molecule has 0 saturated carbocycles. The lowest BCUT2D eigenvalue weighted by atomic mass is 10.2. The highest BCUT2D eigenvalue weighted by Crippen LogP contribution is 2.23. The molecule has 1 aliphatic heterocycles. The molecule has 3 aromatic rings. The molecule has 3 heterocycles. The Morgan fingerprint density at radius 3 is 2.67 bits per heavy atom. The van der Waals surface area contributed by atoms with E-state index in [1.54, 1.807) is 6.33 Å². The minimum atomic E-state index is 0.916. The highest BCUT2D eigenvalue weighted by atomic mass is 15.3. The maximum atomic E-state index is 4.54. The third kappa shape index (κ3) is 2.85. The lowest BCUT2D eigenvalue weighted by Gasteiger charge is -2.35. The summed E-state index contributed by atoms with van der Waals surface area (Å²) in [6, 6.07) is 8.22. The summed E-state index contributed by atoms with van der Waals surface area (Å²) in [5, 5.41) is 1.13. The topological polar surface area (TPSA) is 50.1 Å². The van der Waals surface area contributed by atoms with Gasteiger partial charge in [-0.3, -0.25) is 4.90 Å². The third-order valence-corrected chi connectivity index (χ3v) is 4.70. The molecule has 0 radical (unpaired) electrons. The van der Waals surface area contributed by atoms with E-state index < -0.39 is 0 Å². The zero-order chi connectivity index (χ0) is 16.4. The van der Waals surface area contributed by atoms with Gasteiger partial charge < -0.3 is 9.47 Å². The Kier molecular flexibility index (Phi) is 4.13. The predicted octanol–water partition coefficient (Wildman–Crippen LogP) is 2.17. The summed E-state index contributed by atoms with van der Waals surface area (Å²) in [6.07, 6.45) is 5.61. The Bertz CT molecular complexity index is 814. The van der Waals surface area contributed by atoms with Crippen LogP contribution in [0.1, 0.15) is 12.7 Å². The van der Waals surface area contributed by atoms with Gasteiger partial charge in [0.2, 0.25) is 0 Å². The van der Waals surface area contributed by atoms with Crippen LogP contribution in [-0.2, 0) is 13.1 Å². The van der Waals surface area contributed by atoms with E-state index in [2.05, 4.69) is 54.6 Å². The number of nitrogens with zero attached hydrogens (tertiary/aromatic N) is 6. The monoisotopic (exact) mass is 322 g/mol. The lowest BCUT2D eigenvalue weighted by Crippen LogP contribution is -2.46. The van der Waals surface area contributed by atoms with Gasteiger partial charge in [-0.05, 0) is 19.1 Å². The lowest BCUT2D eigenvalue weighted by molar-refractivity contribution is 0.240. The summed E-state index contributed by atoms with van der Waals surface area (Å²) in [5.74, 6) is 2.20. The molecule has 124 valence electrons. The van der Waals surface area contributed by atoms with E-state index in [1.165, 1.54) is 0 Å². The first-order valence-electron chi connectivity index (χ1n) is 8.52. The summed E-state index contributed by atoms with van der Waals surface area (Å²) in [7, 11) is 0. The standard InChI is InChI=1S/C18H22N6/c1-2-23-8-7-19-17(23)13-22-9-11-24(12-10-22)18-15-5-3-4-6-16(15)20-14-21-18/h3-8,14H,2,9-13H2,1H3. The fraction of sp³-hybridized carbons (Fsp3) is 0.389. The quantitative estimate of drug-likeness (QED) is 0.737. The minimum Gasteiger partial charge on any atom is -0.353 e. The summed E-state index contributed by atoms with van der Waals surface area (Å²) in [5.41, 5.74) is 1.01. The van der Waals surface area contributed by atoms with Crippen molar-refractivity contribution in [1.82, 2.24) is 24.4 Å². The molecule has 2 aromatic heterocycles. The Morgan fingerprint density at radius 1 is 1.00 bits per heavy atom. The summed E-state index contributed by atoms with van der Waals surface area (Å²) >= 11 is 0. The number of aromatic nitrogens is 4. The number of fused-ring (bicyclic) bond motifs is 1. The van der Waals surface area contributed by atoms with Crippen molar-refractivity contribution in [3.05, 3.63) is 48.8 Å². The molecule has 0 bridgehead atoms. The van der Waals surface area contributed by atoms with Crippen LogP contribution in [0.4, 0.5) is 5.82 Å². The van der Waals surface area contributed by atoms with Crippen LogP contribution in [0.3, 0.4) is 0 Å². The smallest absolute Gasteiger partial charge is 0.139 e. The fourth-order valence-corrected chi connectivity index (χ4v) is 3.34. The number of hydrogen-bond donors (Lipinski definition) is 0. The zero-order valence-corrected chi connectivity index (χ0v) is 14.0. The minimum absolute atomic E-state index is 0.916. The molecule has 0 spiro atoms. The van der Waals surface area contributed by atoms with Crippen molar-refractivity contribution < 1.29 is 0 Å². The molecule has 1 saturated heterocycles. The third-order valence-electron chi connectivity index (χ3n) is 4.70. The molecule has 0 N–H and O–H groups in total. The van der Waals surface area contributed by atoms with Crippen molar-refractivity contribution in [2.75, 3.05) is 31.1 Å². The van der Waals surface area contributed by atoms with Crippen molar-refractivity contribution >= 4 is 16.7 Å². The van der Waals surface area contributed by atoms with Gasteiger partial charge in [-0.15, -0.1) is 0 Å². The maximum absolute atomic E-state index is 4.54. The number of piperazine rings is 1. The second-order valence-corrected chi connectivity index (χ2v) is 6.11. The first-order valence-corrected chi connectivity index (χ1v) is 8.52. The van der Waals surface area contributed by atoms with E-state index >= 15 is 0 Å². The Balaban J connectivity index is 1.46. The summed E-state index contributed by atoms with van der Waals surface area (Å²) in [4.78, 5) is 18.2. The SMILES string of the molecule is CCn1ccnc1CN1CCN(c2ncnc3ccccc23)CC1. The van der Waals surface area contributed by atoms with Crippen LogP contribution in [0.25, 0.3) is 10.9 Å². The van der Waals surface area contributed by atoms with Crippen molar-refractivity contribution in [2.24, 2.45) is 0 Å².